The summed E-state index contributed by atoms with van der Waals surface area (Å²) in [6, 6.07) is 23.1. The van der Waals surface area contributed by atoms with Crippen molar-refractivity contribution < 1.29 is 37.4 Å². The number of carbonyl (C=O) groups is 3. The van der Waals surface area contributed by atoms with Gasteiger partial charge in [0.05, 0.1) is 34.2 Å². The van der Waals surface area contributed by atoms with Crippen molar-refractivity contribution in [3.63, 3.8) is 0 Å². The number of amides is 1. The monoisotopic (exact) mass is 702 g/mol. The summed E-state index contributed by atoms with van der Waals surface area (Å²) >= 11 is 0. The van der Waals surface area contributed by atoms with E-state index in [2.05, 4.69) is 21.3 Å². The molecule has 0 aliphatic rings. The number of ether oxygens (including phenoxy) is 1. The fourth-order valence-corrected chi connectivity index (χ4v) is 5.24. The Labute approximate surface area is 294 Å². The van der Waals surface area contributed by atoms with E-state index in [0.717, 1.165) is 23.4 Å². The first-order valence-electron chi connectivity index (χ1n) is 16.3. The van der Waals surface area contributed by atoms with Crippen molar-refractivity contribution in [2.75, 3.05) is 10.6 Å². The summed E-state index contributed by atoms with van der Waals surface area (Å²) in [5.41, 5.74) is 1.45. The smallest absolute Gasteiger partial charge is 0.416 e. The highest BCUT2D eigenvalue weighted by atomic mass is 19.4. The van der Waals surface area contributed by atoms with E-state index in [-0.39, 0.29) is 40.4 Å². The Kier molecular flexibility index (Phi) is 12.5. The third-order valence-electron chi connectivity index (χ3n) is 7.56. The third kappa shape index (κ3) is 11.1. The average molecular weight is 703 g/mol. The zero-order valence-corrected chi connectivity index (χ0v) is 28.7. The van der Waals surface area contributed by atoms with Crippen molar-refractivity contribution >= 4 is 41.1 Å². The van der Waals surface area contributed by atoms with E-state index in [4.69, 9.17) is 4.74 Å². The molecule has 51 heavy (non-hydrogen) atoms. The molecule has 4 aromatic carbocycles. The maximum absolute atomic E-state index is 13.7. The Morgan fingerprint density at radius 1 is 0.824 bits per heavy atom. The number of benzene rings is 4. The van der Waals surface area contributed by atoms with E-state index >= 15 is 0 Å². The summed E-state index contributed by atoms with van der Waals surface area (Å²) < 4.78 is 46.7. The van der Waals surface area contributed by atoms with E-state index in [1.165, 1.54) is 24.3 Å². The van der Waals surface area contributed by atoms with Crippen molar-refractivity contribution in [2.45, 2.75) is 64.9 Å². The standard InChI is InChI=1S/C39H41F3N4O5/c1-5-11-32(34(21-25-12-7-6-8-13-25)46-37(50)51-38(2,3)4)43-23-26-16-18-30(27(20-26)24-47)44-35-22-28(39(40,41)42)17-19-33(35)45-31-15-10-9-14-29(31)36(48)49/h6-20,22,24,34,43-45H,5,21,23H2,1-4H3,(H,46,50)(H,48,49)/b32-11-. The Balaban J connectivity index is 1.60. The number of carboxylic acids is 1. The molecule has 0 saturated carbocycles. The predicted octanol–water partition coefficient (Wildman–Crippen LogP) is 9.22. The number of aldehydes is 1. The van der Waals surface area contributed by atoms with E-state index in [0.29, 0.717) is 24.7 Å². The molecule has 4 aromatic rings. The van der Waals surface area contributed by atoms with Crippen LogP contribution in [-0.4, -0.2) is 35.1 Å². The van der Waals surface area contributed by atoms with Crippen LogP contribution in [0.15, 0.2) is 103 Å². The lowest BCUT2D eigenvalue weighted by Crippen LogP contribution is -2.44. The topological polar surface area (TPSA) is 129 Å². The van der Waals surface area contributed by atoms with E-state index in [1.807, 2.05) is 43.3 Å². The van der Waals surface area contributed by atoms with Gasteiger partial charge in [0.2, 0.25) is 0 Å². The fourth-order valence-electron chi connectivity index (χ4n) is 5.24. The summed E-state index contributed by atoms with van der Waals surface area (Å²) in [6.45, 7) is 7.58. The second-order valence-electron chi connectivity index (χ2n) is 12.7. The molecule has 9 nitrogen and oxygen atoms in total. The number of allylic oxidation sites excluding steroid dienone is 1. The van der Waals surface area contributed by atoms with Crippen LogP contribution in [0, 0.1) is 0 Å². The van der Waals surface area contributed by atoms with Gasteiger partial charge in [-0.15, -0.1) is 0 Å². The molecule has 268 valence electrons. The molecule has 1 amide bonds. The highest BCUT2D eigenvalue weighted by Crippen LogP contribution is 2.37. The number of carbonyl (C=O) groups excluding carboxylic acids is 2. The molecule has 12 heteroatoms. The van der Waals surface area contributed by atoms with Crippen LogP contribution >= 0.6 is 0 Å². The van der Waals surface area contributed by atoms with Gasteiger partial charge in [0.25, 0.3) is 0 Å². The van der Waals surface area contributed by atoms with Crippen LogP contribution in [-0.2, 0) is 23.9 Å². The summed E-state index contributed by atoms with van der Waals surface area (Å²) in [7, 11) is 0. The number of alkyl carbamates (subject to hydrolysis) is 1. The number of hydrogen-bond donors (Lipinski definition) is 5. The van der Waals surface area contributed by atoms with Gasteiger partial charge < -0.3 is 31.1 Å². The first kappa shape index (κ1) is 38.0. The summed E-state index contributed by atoms with van der Waals surface area (Å²) in [5.74, 6) is -1.21. The van der Waals surface area contributed by atoms with Gasteiger partial charge in [0.15, 0.2) is 6.29 Å². The third-order valence-corrected chi connectivity index (χ3v) is 7.56. The first-order chi connectivity index (χ1) is 24.2. The van der Waals surface area contributed by atoms with Crippen molar-refractivity contribution in [1.82, 2.24) is 10.6 Å². The molecule has 1 atom stereocenters. The molecule has 0 aromatic heterocycles. The zero-order valence-electron chi connectivity index (χ0n) is 28.7. The average Bonchev–Trinajstić information content (AvgIpc) is 3.07. The van der Waals surface area contributed by atoms with Crippen molar-refractivity contribution in [1.29, 1.82) is 0 Å². The second-order valence-corrected chi connectivity index (χ2v) is 12.7. The minimum Gasteiger partial charge on any atom is -0.478 e. The van der Waals surface area contributed by atoms with Crippen LogP contribution < -0.4 is 21.3 Å². The van der Waals surface area contributed by atoms with Gasteiger partial charge in [0, 0.05) is 23.5 Å². The van der Waals surface area contributed by atoms with Gasteiger partial charge >= 0.3 is 18.2 Å². The molecular formula is C39H41F3N4O5. The quantitative estimate of drug-likeness (QED) is 0.0823. The molecule has 0 heterocycles. The first-order valence-corrected chi connectivity index (χ1v) is 16.3. The molecule has 0 bridgehead atoms. The van der Waals surface area contributed by atoms with Crippen LogP contribution in [0.25, 0.3) is 0 Å². The number of hydrogen-bond acceptors (Lipinski definition) is 7. The predicted molar refractivity (Wildman–Crippen MR) is 192 cm³/mol. The van der Waals surface area contributed by atoms with Gasteiger partial charge in [-0.25, -0.2) is 9.59 Å². The molecule has 4 rings (SSSR count). The normalized spacial score (nSPS) is 12.4. The molecule has 0 aliphatic heterocycles. The Hall–Kier alpha value is -5.78. The zero-order chi connectivity index (χ0) is 37.2. The lowest BCUT2D eigenvalue weighted by Gasteiger charge is -2.26. The molecule has 0 spiro atoms. The lowest BCUT2D eigenvalue weighted by atomic mass is 10.0. The number of halogens is 3. The Bertz CT molecular complexity index is 1870. The van der Waals surface area contributed by atoms with Gasteiger partial charge in [-0.1, -0.05) is 61.5 Å². The van der Waals surface area contributed by atoms with Crippen LogP contribution in [0.5, 0.6) is 0 Å². The summed E-state index contributed by atoms with van der Waals surface area (Å²) in [5, 5.41) is 21.8. The van der Waals surface area contributed by atoms with E-state index in [9.17, 15) is 32.7 Å². The van der Waals surface area contributed by atoms with Gasteiger partial charge in [0.1, 0.15) is 5.60 Å². The molecule has 0 radical (unpaired) electrons. The number of anilines is 4. The van der Waals surface area contributed by atoms with Crippen molar-refractivity contribution in [3.8, 4) is 0 Å². The van der Waals surface area contributed by atoms with Crippen molar-refractivity contribution in [2.24, 2.45) is 0 Å². The van der Waals surface area contributed by atoms with Crippen LogP contribution in [0.1, 0.15) is 71.5 Å². The Morgan fingerprint density at radius 2 is 1.49 bits per heavy atom. The second kappa shape index (κ2) is 16.8. The fraction of sp³-hybridized carbons (Fsp3) is 0.256. The maximum Gasteiger partial charge on any atom is 0.416 e. The Morgan fingerprint density at radius 3 is 2.14 bits per heavy atom. The van der Waals surface area contributed by atoms with Crippen LogP contribution in [0.2, 0.25) is 0 Å². The highest BCUT2D eigenvalue weighted by molar-refractivity contribution is 5.96. The number of rotatable bonds is 14. The van der Waals surface area contributed by atoms with Crippen LogP contribution in [0.3, 0.4) is 0 Å². The van der Waals surface area contributed by atoms with E-state index in [1.54, 1.807) is 45.0 Å². The molecule has 0 fully saturated rings. The molecule has 5 N–H and O–H groups in total. The number of alkyl halides is 3. The summed E-state index contributed by atoms with van der Waals surface area (Å²) in [4.78, 5) is 36.9. The molecule has 1 unspecified atom stereocenters. The number of nitrogens with one attached hydrogen (secondary N) is 4. The van der Waals surface area contributed by atoms with Gasteiger partial charge in [-0.3, -0.25) is 4.79 Å². The maximum atomic E-state index is 13.7. The minimum absolute atomic E-state index is 0.0240. The molecule has 0 aliphatic carbocycles. The highest BCUT2D eigenvalue weighted by Gasteiger charge is 2.31. The number of para-hydroxylation sites is 1. The summed E-state index contributed by atoms with van der Waals surface area (Å²) in [6.07, 6.45) is -1.52. The largest absolute Gasteiger partial charge is 0.478 e. The SMILES string of the molecule is CC/C=C(\NCc1ccc(Nc2cc(C(F)(F)F)ccc2Nc2ccccc2C(=O)O)c(C=O)c1)C(Cc1ccccc1)NC(=O)OC(C)(C)C. The van der Waals surface area contributed by atoms with Crippen LogP contribution in [0.4, 0.5) is 40.7 Å². The number of carboxylic acid groups (broad SMARTS) is 1. The van der Waals surface area contributed by atoms with Crippen molar-refractivity contribution in [3.05, 3.63) is 131 Å². The van der Waals surface area contributed by atoms with E-state index < -0.39 is 35.4 Å². The minimum atomic E-state index is -4.66. The van der Waals surface area contributed by atoms with Gasteiger partial charge in [-0.05, 0) is 87.2 Å². The molecular weight excluding hydrogens is 661 g/mol. The molecule has 0 saturated heterocycles. The number of aromatic carboxylic acids is 1. The van der Waals surface area contributed by atoms with Gasteiger partial charge in [-0.2, -0.15) is 13.2 Å². The lowest BCUT2D eigenvalue weighted by molar-refractivity contribution is -0.137.